The molecule has 0 atom stereocenters. The van der Waals surface area contributed by atoms with E-state index in [2.05, 4.69) is 0 Å². The van der Waals surface area contributed by atoms with Crippen molar-refractivity contribution in [2.75, 3.05) is 5.48 Å². The van der Waals surface area contributed by atoms with Crippen molar-refractivity contribution in [2.45, 2.75) is 13.8 Å². The molecule has 0 unspecified atom stereocenters. The van der Waals surface area contributed by atoms with Crippen molar-refractivity contribution in [1.82, 2.24) is 0 Å². The maximum absolute atomic E-state index is 10.5. The number of amides is 1. The lowest BCUT2D eigenvalue weighted by Gasteiger charge is -1.98. The molecule has 4 N–H and O–H groups in total. The molecule has 0 saturated carbocycles. The lowest BCUT2D eigenvalue weighted by atomic mass is 10.2. The number of rotatable bonds is 2. The topological polar surface area (TPSA) is 75.4 Å². The number of carbonyl (C=O) groups excluding carboxylic acids is 1. The number of primary amides is 1. The zero-order valence-corrected chi connectivity index (χ0v) is 7.74. The van der Waals surface area contributed by atoms with Crippen LogP contribution in [0.25, 0.3) is 0 Å². The summed E-state index contributed by atoms with van der Waals surface area (Å²) >= 11 is 0. The van der Waals surface area contributed by atoms with Crippen molar-refractivity contribution >= 4 is 11.6 Å². The quantitative estimate of drug-likeness (QED) is 0.608. The van der Waals surface area contributed by atoms with Gasteiger partial charge in [0.1, 0.15) is 0 Å². The fourth-order valence-electron chi connectivity index (χ4n) is 0.709. The molecule has 0 saturated heterocycles. The smallest absolute Gasteiger partial charge is 0.248 e. The average Bonchev–Trinajstić information content (AvgIpc) is 2.21. The highest BCUT2D eigenvalue weighted by Gasteiger charge is 1.97. The van der Waals surface area contributed by atoms with Crippen LogP contribution in [0.15, 0.2) is 24.3 Å². The Morgan fingerprint density at radius 3 is 2.08 bits per heavy atom. The number of nitrogens with one attached hydrogen (secondary N) is 1. The summed E-state index contributed by atoms with van der Waals surface area (Å²) in [4.78, 5) is 10.5. The molecule has 72 valence electrons. The third-order valence-corrected chi connectivity index (χ3v) is 1.30. The lowest BCUT2D eigenvalue weighted by Crippen LogP contribution is -2.10. The van der Waals surface area contributed by atoms with Gasteiger partial charge >= 0.3 is 0 Å². The first kappa shape index (κ1) is 11.4. The van der Waals surface area contributed by atoms with Crippen LogP contribution < -0.4 is 11.2 Å². The van der Waals surface area contributed by atoms with E-state index in [0.717, 1.165) is 0 Å². The van der Waals surface area contributed by atoms with Gasteiger partial charge in [-0.05, 0) is 24.3 Å². The van der Waals surface area contributed by atoms with Crippen LogP contribution in [0.5, 0.6) is 0 Å². The molecule has 1 rings (SSSR count). The molecule has 0 aliphatic carbocycles. The Bertz CT molecular complexity index is 257. The summed E-state index contributed by atoms with van der Waals surface area (Å²) < 4.78 is 0. The predicted molar refractivity (Wildman–Crippen MR) is 51.7 cm³/mol. The minimum absolute atomic E-state index is 0.420. The molecule has 0 aliphatic heterocycles. The van der Waals surface area contributed by atoms with Gasteiger partial charge in [0, 0.05) is 5.56 Å². The second-order valence-electron chi connectivity index (χ2n) is 2.05. The van der Waals surface area contributed by atoms with Crippen LogP contribution in [-0.2, 0) is 0 Å². The van der Waals surface area contributed by atoms with Gasteiger partial charge in [0.15, 0.2) is 0 Å². The van der Waals surface area contributed by atoms with E-state index < -0.39 is 5.91 Å². The Balaban J connectivity index is 0.000000671. The van der Waals surface area contributed by atoms with Crippen molar-refractivity contribution in [1.29, 1.82) is 0 Å². The standard InChI is InChI=1S/C7H8N2O2.C2H6/c8-7(10)5-1-3-6(9-11)4-2-5;1-2/h1-4,9,11H,(H2,8,10);1-2H3. The highest BCUT2D eigenvalue weighted by atomic mass is 16.5. The second-order valence-corrected chi connectivity index (χ2v) is 2.05. The minimum Gasteiger partial charge on any atom is -0.366 e. The molecule has 1 aromatic rings. The van der Waals surface area contributed by atoms with E-state index in [1.807, 2.05) is 19.3 Å². The lowest BCUT2D eigenvalue weighted by molar-refractivity contribution is 0.100. The molecule has 0 aliphatic rings. The molecule has 4 nitrogen and oxygen atoms in total. The third kappa shape index (κ3) is 3.57. The van der Waals surface area contributed by atoms with E-state index in [1.54, 1.807) is 12.1 Å². The fraction of sp³-hybridized carbons (Fsp3) is 0.222. The first-order chi connectivity index (χ1) is 6.24. The predicted octanol–water partition coefficient (Wildman–Crippen LogP) is 1.61. The van der Waals surface area contributed by atoms with Gasteiger partial charge < -0.3 is 5.73 Å². The zero-order chi connectivity index (χ0) is 10.3. The van der Waals surface area contributed by atoms with E-state index >= 15 is 0 Å². The number of benzene rings is 1. The Morgan fingerprint density at radius 1 is 1.31 bits per heavy atom. The van der Waals surface area contributed by atoms with Crippen LogP contribution >= 0.6 is 0 Å². The summed E-state index contributed by atoms with van der Waals surface area (Å²) in [5.41, 5.74) is 7.87. The molecule has 0 spiro atoms. The van der Waals surface area contributed by atoms with Crippen LogP contribution in [0.2, 0.25) is 0 Å². The molecule has 0 aromatic heterocycles. The number of nitrogens with two attached hydrogens (primary N) is 1. The minimum atomic E-state index is -0.477. The number of hydrogen-bond acceptors (Lipinski definition) is 3. The summed E-state index contributed by atoms with van der Waals surface area (Å²) in [6.45, 7) is 4.00. The van der Waals surface area contributed by atoms with E-state index in [4.69, 9.17) is 10.9 Å². The first-order valence-electron chi connectivity index (χ1n) is 4.04. The van der Waals surface area contributed by atoms with E-state index in [9.17, 15) is 4.79 Å². The molecule has 0 bridgehead atoms. The molecule has 0 fully saturated rings. The zero-order valence-electron chi connectivity index (χ0n) is 7.74. The second kappa shape index (κ2) is 6.02. The van der Waals surface area contributed by atoms with E-state index in [0.29, 0.717) is 11.3 Å². The molecule has 0 heterocycles. The first-order valence-corrected chi connectivity index (χ1v) is 4.04. The highest BCUT2D eigenvalue weighted by Crippen LogP contribution is 2.07. The van der Waals surface area contributed by atoms with Crippen molar-refractivity contribution in [3.8, 4) is 0 Å². The van der Waals surface area contributed by atoms with Crippen LogP contribution in [0.3, 0.4) is 0 Å². The van der Waals surface area contributed by atoms with Gasteiger partial charge in [0.2, 0.25) is 5.91 Å². The number of anilines is 1. The third-order valence-electron chi connectivity index (χ3n) is 1.30. The van der Waals surface area contributed by atoms with Gasteiger partial charge in [-0.1, -0.05) is 13.8 Å². The van der Waals surface area contributed by atoms with Crippen molar-refractivity contribution in [3.63, 3.8) is 0 Å². The molecule has 4 heteroatoms. The molecule has 1 amide bonds. The van der Waals surface area contributed by atoms with Gasteiger partial charge in [-0.3, -0.25) is 15.5 Å². The van der Waals surface area contributed by atoms with E-state index in [1.165, 1.54) is 12.1 Å². The Hall–Kier alpha value is -1.55. The van der Waals surface area contributed by atoms with Crippen molar-refractivity contribution in [2.24, 2.45) is 5.73 Å². The molecule has 1 aromatic carbocycles. The van der Waals surface area contributed by atoms with Crippen LogP contribution in [-0.4, -0.2) is 11.1 Å². The molecule has 0 radical (unpaired) electrons. The van der Waals surface area contributed by atoms with Crippen LogP contribution in [0.1, 0.15) is 24.2 Å². The normalized spacial score (nSPS) is 8.23. The van der Waals surface area contributed by atoms with Gasteiger partial charge in [-0.15, -0.1) is 0 Å². The Morgan fingerprint density at radius 2 is 1.77 bits per heavy atom. The summed E-state index contributed by atoms with van der Waals surface area (Å²) in [6.07, 6.45) is 0. The Kier molecular flexibility index (Phi) is 5.30. The van der Waals surface area contributed by atoms with Crippen molar-refractivity contribution < 1.29 is 10.0 Å². The van der Waals surface area contributed by atoms with Gasteiger partial charge in [0.25, 0.3) is 0 Å². The fourth-order valence-corrected chi connectivity index (χ4v) is 0.709. The summed E-state index contributed by atoms with van der Waals surface area (Å²) in [7, 11) is 0. The number of carbonyl (C=O) groups is 1. The molecule has 13 heavy (non-hydrogen) atoms. The van der Waals surface area contributed by atoms with Gasteiger partial charge in [0.05, 0.1) is 5.69 Å². The molecular weight excluding hydrogens is 168 g/mol. The monoisotopic (exact) mass is 182 g/mol. The average molecular weight is 182 g/mol. The van der Waals surface area contributed by atoms with E-state index in [-0.39, 0.29) is 0 Å². The van der Waals surface area contributed by atoms with Gasteiger partial charge in [-0.25, -0.2) is 0 Å². The van der Waals surface area contributed by atoms with Crippen LogP contribution in [0, 0.1) is 0 Å². The maximum Gasteiger partial charge on any atom is 0.248 e. The molecular formula is C9H14N2O2. The maximum atomic E-state index is 10.5. The van der Waals surface area contributed by atoms with Gasteiger partial charge in [-0.2, -0.15) is 0 Å². The van der Waals surface area contributed by atoms with Crippen molar-refractivity contribution in [3.05, 3.63) is 29.8 Å². The van der Waals surface area contributed by atoms with Crippen LogP contribution in [0.4, 0.5) is 5.69 Å². The summed E-state index contributed by atoms with van der Waals surface area (Å²) in [5.74, 6) is -0.477. The largest absolute Gasteiger partial charge is 0.366 e. The summed E-state index contributed by atoms with van der Waals surface area (Å²) in [6, 6.07) is 6.17. The SMILES string of the molecule is CC.NC(=O)c1ccc(NO)cc1. The number of hydrogen-bond donors (Lipinski definition) is 3. The Labute approximate surface area is 77.3 Å². The highest BCUT2D eigenvalue weighted by molar-refractivity contribution is 5.93. The summed E-state index contributed by atoms with van der Waals surface area (Å²) in [5, 5.41) is 8.40.